The van der Waals surface area contributed by atoms with Crippen molar-refractivity contribution in [2.45, 2.75) is 38.8 Å². The van der Waals surface area contributed by atoms with Gasteiger partial charge in [0.25, 0.3) is 0 Å². The molecule has 2 heterocycles. The quantitative estimate of drug-likeness (QED) is 0.375. The lowest BCUT2D eigenvalue weighted by molar-refractivity contribution is -0.128. The summed E-state index contributed by atoms with van der Waals surface area (Å²) in [5, 5.41) is 6.43. The number of amides is 1. The van der Waals surface area contributed by atoms with Crippen molar-refractivity contribution in [3.8, 4) is 0 Å². The van der Waals surface area contributed by atoms with Crippen molar-refractivity contribution >= 4 is 23.0 Å². The van der Waals surface area contributed by atoms with E-state index in [0.717, 1.165) is 17.7 Å². The smallest absolute Gasteiger partial charge is 0.219 e. The van der Waals surface area contributed by atoms with Gasteiger partial charge in [-0.15, -0.1) is 0 Å². The molecule has 0 radical (unpaired) electrons. The fourth-order valence-electron chi connectivity index (χ4n) is 3.93. The first-order valence-corrected chi connectivity index (χ1v) is 10.9. The molecular weight excluding hydrogens is 411 g/mol. The number of ether oxygens (including phenoxy) is 1. The van der Waals surface area contributed by atoms with Crippen LogP contribution in [0, 0.1) is 5.82 Å². The molecule has 1 aromatic carbocycles. The monoisotopic (exact) mass is 444 g/mol. The van der Waals surface area contributed by atoms with Crippen molar-refractivity contribution in [2.24, 2.45) is 16.5 Å². The van der Waals surface area contributed by atoms with Crippen LogP contribution in [-0.4, -0.2) is 62.1 Å². The first kappa shape index (κ1) is 23.7. The highest BCUT2D eigenvalue weighted by atomic mass is 19.1. The third kappa shape index (κ3) is 5.66. The Labute approximate surface area is 188 Å². The number of nitrogens with one attached hydrogen (secondary N) is 2. The van der Waals surface area contributed by atoms with Gasteiger partial charge in [-0.2, -0.15) is 0 Å². The summed E-state index contributed by atoms with van der Waals surface area (Å²) in [5.74, 6) is -0.331. The molecule has 1 fully saturated rings. The number of hydrogen-bond donors (Lipinski definition) is 4. The Bertz CT molecular complexity index is 934. The third-order valence-electron chi connectivity index (χ3n) is 5.72. The molecule has 1 aromatic rings. The van der Waals surface area contributed by atoms with Crippen LogP contribution in [0.15, 0.2) is 40.7 Å². The maximum absolute atomic E-state index is 14.9. The number of benzene rings is 1. The highest BCUT2D eigenvalue weighted by Crippen LogP contribution is 2.26. The van der Waals surface area contributed by atoms with Crippen molar-refractivity contribution in [3.63, 3.8) is 0 Å². The third-order valence-corrected chi connectivity index (χ3v) is 5.72. The second-order valence-corrected chi connectivity index (χ2v) is 8.19. The predicted octanol–water partition coefficient (Wildman–Crippen LogP) is 1.61. The Balaban J connectivity index is 1.91. The van der Waals surface area contributed by atoms with Crippen molar-refractivity contribution in [3.05, 3.63) is 47.0 Å². The lowest BCUT2D eigenvalue weighted by atomic mass is 10.0. The van der Waals surface area contributed by atoms with Gasteiger partial charge in [-0.25, -0.2) is 9.38 Å². The molecule has 0 bridgehead atoms. The van der Waals surface area contributed by atoms with Crippen molar-refractivity contribution in [1.82, 2.24) is 15.5 Å². The van der Waals surface area contributed by atoms with Gasteiger partial charge in [0.2, 0.25) is 5.91 Å². The van der Waals surface area contributed by atoms with E-state index in [4.69, 9.17) is 16.2 Å². The van der Waals surface area contributed by atoms with Crippen LogP contribution in [0.1, 0.15) is 32.3 Å². The van der Waals surface area contributed by atoms with Gasteiger partial charge in [0.1, 0.15) is 17.3 Å². The number of carbonyl (C=O) groups excluding carboxylic acids is 1. The van der Waals surface area contributed by atoms with E-state index >= 15 is 0 Å². The minimum atomic E-state index is -0.494. The van der Waals surface area contributed by atoms with E-state index in [0.29, 0.717) is 43.9 Å². The van der Waals surface area contributed by atoms with Gasteiger partial charge in [0.05, 0.1) is 19.2 Å². The molecule has 0 aromatic heterocycles. The molecule has 8 nitrogen and oxygen atoms in total. The second-order valence-electron chi connectivity index (χ2n) is 8.19. The number of rotatable bonds is 7. The normalized spacial score (nSPS) is 21.0. The number of nitrogens with two attached hydrogens (primary N) is 2. The first-order chi connectivity index (χ1) is 15.3. The van der Waals surface area contributed by atoms with Crippen LogP contribution in [-0.2, 0) is 9.53 Å². The highest BCUT2D eigenvalue weighted by Gasteiger charge is 2.26. The summed E-state index contributed by atoms with van der Waals surface area (Å²) in [6, 6.07) is 4.70. The molecule has 9 heteroatoms. The van der Waals surface area contributed by atoms with Gasteiger partial charge in [-0.3, -0.25) is 4.79 Å². The SMILES string of the molecule is CNC=C(c1ccc(N=C(N)C2=C(NC3CCOC3)CCN(C(C)=O)C2)c(F)c1)C(C)N. The molecule has 2 aliphatic rings. The predicted molar refractivity (Wildman–Crippen MR) is 125 cm³/mol. The Morgan fingerprint density at radius 3 is 2.81 bits per heavy atom. The van der Waals surface area contributed by atoms with E-state index in [1.54, 1.807) is 30.3 Å². The fourth-order valence-corrected chi connectivity index (χ4v) is 3.93. The molecular formula is C23H33FN6O2. The van der Waals surface area contributed by atoms with Crippen LogP contribution in [0.5, 0.6) is 0 Å². The zero-order valence-electron chi connectivity index (χ0n) is 19.0. The molecule has 32 heavy (non-hydrogen) atoms. The summed E-state index contributed by atoms with van der Waals surface area (Å²) in [6.45, 7) is 5.64. The summed E-state index contributed by atoms with van der Waals surface area (Å²) in [7, 11) is 1.77. The van der Waals surface area contributed by atoms with Gasteiger partial charge in [0, 0.05) is 57.1 Å². The zero-order chi connectivity index (χ0) is 23.3. The Morgan fingerprint density at radius 2 is 2.22 bits per heavy atom. The number of nitrogens with zero attached hydrogens (tertiary/aromatic N) is 2. The van der Waals surface area contributed by atoms with Crippen molar-refractivity contribution in [2.75, 3.05) is 33.4 Å². The van der Waals surface area contributed by atoms with E-state index in [-0.39, 0.29) is 29.5 Å². The van der Waals surface area contributed by atoms with Crippen LogP contribution in [0.3, 0.4) is 0 Å². The molecule has 6 N–H and O–H groups in total. The number of aliphatic imine (C=N–C) groups is 1. The van der Waals surface area contributed by atoms with Gasteiger partial charge in [0.15, 0.2) is 0 Å². The summed E-state index contributed by atoms with van der Waals surface area (Å²) in [6.07, 6.45) is 3.29. The van der Waals surface area contributed by atoms with Crippen molar-refractivity contribution in [1.29, 1.82) is 0 Å². The maximum Gasteiger partial charge on any atom is 0.219 e. The molecule has 1 saturated heterocycles. The van der Waals surface area contributed by atoms with Crippen LogP contribution in [0.2, 0.25) is 0 Å². The lowest BCUT2D eigenvalue weighted by Crippen LogP contribution is -2.43. The molecule has 0 spiro atoms. The van der Waals surface area contributed by atoms with E-state index in [1.165, 1.54) is 13.0 Å². The first-order valence-electron chi connectivity index (χ1n) is 10.9. The highest BCUT2D eigenvalue weighted by molar-refractivity contribution is 6.00. The fraction of sp³-hybridized carbons (Fsp3) is 0.478. The van der Waals surface area contributed by atoms with Gasteiger partial charge < -0.3 is 31.7 Å². The van der Waals surface area contributed by atoms with Gasteiger partial charge >= 0.3 is 0 Å². The van der Waals surface area contributed by atoms with E-state index in [9.17, 15) is 9.18 Å². The number of hydrogen-bond acceptors (Lipinski definition) is 6. The number of amidine groups is 1. The minimum Gasteiger partial charge on any atom is -0.394 e. The molecule has 2 unspecified atom stereocenters. The molecule has 0 aliphatic carbocycles. The standard InChI is InChI=1S/C23H33FN6O2/c1-14(25)18(11-27-3)16-4-5-22(20(24)10-16)29-23(26)19-12-30(15(2)31)8-6-21(19)28-17-7-9-32-13-17/h4-5,10-11,14,17,27-28H,6-9,12-13,25H2,1-3H3,(H2,26,29). The topological polar surface area (TPSA) is 118 Å². The molecule has 3 rings (SSSR count). The molecule has 0 saturated carbocycles. The summed E-state index contributed by atoms with van der Waals surface area (Å²) < 4.78 is 20.4. The number of carbonyl (C=O) groups is 1. The maximum atomic E-state index is 14.9. The van der Waals surface area contributed by atoms with Gasteiger partial charge in [-0.05, 0) is 36.6 Å². The largest absolute Gasteiger partial charge is 0.394 e. The van der Waals surface area contributed by atoms with Crippen molar-refractivity contribution < 1.29 is 13.9 Å². The van der Waals surface area contributed by atoms with Crippen LogP contribution < -0.4 is 22.1 Å². The summed E-state index contributed by atoms with van der Waals surface area (Å²) in [5.41, 5.74) is 15.6. The summed E-state index contributed by atoms with van der Waals surface area (Å²) >= 11 is 0. The Hall–Kier alpha value is -2.91. The van der Waals surface area contributed by atoms with E-state index in [1.807, 2.05) is 6.92 Å². The molecule has 2 atom stereocenters. The number of halogens is 1. The zero-order valence-corrected chi connectivity index (χ0v) is 19.0. The molecule has 2 aliphatic heterocycles. The second kappa shape index (κ2) is 10.6. The van der Waals surface area contributed by atoms with E-state index < -0.39 is 5.82 Å². The average Bonchev–Trinajstić information content (AvgIpc) is 3.26. The van der Waals surface area contributed by atoms with Crippen LogP contribution in [0.25, 0.3) is 5.57 Å². The Morgan fingerprint density at radius 1 is 1.44 bits per heavy atom. The van der Waals surface area contributed by atoms with Crippen LogP contribution >= 0.6 is 0 Å². The lowest BCUT2D eigenvalue weighted by Gasteiger charge is -2.31. The molecule has 1 amide bonds. The van der Waals surface area contributed by atoms with Crippen LogP contribution in [0.4, 0.5) is 10.1 Å². The molecule has 174 valence electrons. The minimum absolute atomic E-state index is 0.0335. The summed E-state index contributed by atoms with van der Waals surface area (Å²) in [4.78, 5) is 18.0. The average molecular weight is 445 g/mol. The van der Waals surface area contributed by atoms with Gasteiger partial charge in [-0.1, -0.05) is 6.07 Å². The van der Waals surface area contributed by atoms with E-state index in [2.05, 4.69) is 15.6 Å². The Kier molecular flexibility index (Phi) is 7.87.